The van der Waals surface area contributed by atoms with Crippen LogP contribution in [0.3, 0.4) is 0 Å². The Morgan fingerprint density at radius 1 is 1.00 bits per heavy atom. The van der Waals surface area contributed by atoms with Crippen LogP contribution in [-0.2, 0) is 19.5 Å². The monoisotopic (exact) mass is 308 g/mol. The zero-order valence-corrected chi connectivity index (χ0v) is 13.7. The number of rotatable bonds is 3. The second kappa shape index (κ2) is 5.97. The van der Waals surface area contributed by atoms with Crippen molar-refractivity contribution in [3.63, 3.8) is 0 Å². The van der Waals surface area contributed by atoms with Crippen LogP contribution in [0, 0.1) is 5.92 Å². The first-order valence-electron chi connectivity index (χ1n) is 8.73. The molecule has 2 aliphatic heterocycles. The summed E-state index contributed by atoms with van der Waals surface area (Å²) in [5.74, 6) is 1.11. The summed E-state index contributed by atoms with van der Waals surface area (Å²) in [4.78, 5) is 14.6. The number of likely N-dealkylation sites (tertiary alicyclic amines) is 1. The molecule has 2 aromatic rings. The lowest BCUT2D eigenvalue weighted by Crippen LogP contribution is -2.46. The first-order valence-corrected chi connectivity index (χ1v) is 8.73. The van der Waals surface area contributed by atoms with E-state index >= 15 is 0 Å². The average molecular weight is 308 g/mol. The molecule has 0 aliphatic carbocycles. The molecule has 4 rings (SSSR count). The maximum atomic E-state index is 12.1. The lowest BCUT2D eigenvalue weighted by molar-refractivity contribution is 0.114. The third-order valence-electron chi connectivity index (χ3n) is 5.39. The van der Waals surface area contributed by atoms with E-state index in [1.165, 1.54) is 23.2 Å². The van der Waals surface area contributed by atoms with Crippen molar-refractivity contribution in [2.45, 2.75) is 38.8 Å². The number of hydrogen-bond acceptors (Lipinski definition) is 2. The Hall–Kier alpha value is -1.87. The Bertz CT molecular complexity index is 747. The third kappa shape index (κ3) is 2.86. The fourth-order valence-electron chi connectivity index (χ4n) is 4.26. The summed E-state index contributed by atoms with van der Waals surface area (Å²) in [5.41, 5.74) is 4.20. The number of fused-ring (bicyclic) bond motifs is 4. The summed E-state index contributed by atoms with van der Waals surface area (Å²) in [7, 11) is 0. The zero-order chi connectivity index (χ0) is 15.8. The Morgan fingerprint density at radius 3 is 2.57 bits per heavy atom. The van der Waals surface area contributed by atoms with E-state index in [1.54, 1.807) is 6.07 Å². The van der Waals surface area contributed by atoms with Gasteiger partial charge in [-0.2, -0.15) is 0 Å². The minimum atomic E-state index is 0.167. The molecule has 3 heterocycles. The van der Waals surface area contributed by atoms with Crippen LogP contribution in [0.25, 0.3) is 0 Å². The van der Waals surface area contributed by atoms with Gasteiger partial charge in [0.25, 0.3) is 5.56 Å². The molecule has 1 saturated heterocycles. The molecule has 2 aliphatic rings. The molecule has 2 atom stereocenters. The second-order valence-electron chi connectivity index (χ2n) is 7.06. The Morgan fingerprint density at radius 2 is 1.78 bits per heavy atom. The molecule has 0 amide bonds. The molecule has 0 saturated carbocycles. The quantitative estimate of drug-likeness (QED) is 0.871. The summed E-state index contributed by atoms with van der Waals surface area (Å²) in [5, 5.41) is 0. The number of aryl methyl sites for hydroxylation is 1. The topological polar surface area (TPSA) is 25.2 Å². The molecule has 2 unspecified atom stereocenters. The number of benzene rings is 1. The summed E-state index contributed by atoms with van der Waals surface area (Å²) < 4.78 is 2.01. The van der Waals surface area contributed by atoms with Crippen molar-refractivity contribution < 1.29 is 0 Å². The van der Waals surface area contributed by atoms with Gasteiger partial charge in [0.15, 0.2) is 0 Å². The lowest BCUT2D eigenvalue weighted by atomic mass is 9.83. The van der Waals surface area contributed by atoms with Crippen LogP contribution in [-0.4, -0.2) is 22.6 Å². The summed E-state index contributed by atoms with van der Waals surface area (Å²) >= 11 is 0. The van der Waals surface area contributed by atoms with Crippen LogP contribution in [0.15, 0.2) is 47.3 Å². The van der Waals surface area contributed by atoms with E-state index in [-0.39, 0.29) is 5.56 Å². The van der Waals surface area contributed by atoms with Gasteiger partial charge >= 0.3 is 0 Å². The number of hydrogen-bond donors (Lipinski definition) is 0. The predicted octanol–water partition coefficient (Wildman–Crippen LogP) is 3.03. The van der Waals surface area contributed by atoms with E-state index in [2.05, 4.69) is 42.2 Å². The number of pyridine rings is 1. The molecule has 0 radical (unpaired) electrons. The molecule has 3 heteroatoms. The smallest absolute Gasteiger partial charge is 0.250 e. The fraction of sp³-hybridized carbons (Fsp3) is 0.450. The van der Waals surface area contributed by atoms with Crippen LogP contribution >= 0.6 is 0 Å². The normalized spacial score (nSPS) is 23.5. The van der Waals surface area contributed by atoms with Crippen LogP contribution in [0.5, 0.6) is 0 Å². The van der Waals surface area contributed by atoms with Gasteiger partial charge in [0, 0.05) is 43.9 Å². The van der Waals surface area contributed by atoms with Crippen LogP contribution in [0.4, 0.5) is 0 Å². The largest absolute Gasteiger partial charge is 0.312 e. The minimum absolute atomic E-state index is 0.167. The van der Waals surface area contributed by atoms with Crippen molar-refractivity contribution in [3.8, 4) is 0 Å². The number of aromatic nitrogens is 1. The van der Waals surface area contributed by atoms with Gasteiger partial charge in [0.1, 0.15) is 0 Å². The van der Waals surface area contributed by atoms with Gasteiger partial charge in [-0.15, -0.1) is 0 Å². The molecular weight excluding hydrogens is 284 g/mol. The molecule has 23 heavy (non-hydrogen) atoms. The highest BCUT2D eigenvalue weighted by Gasteiger charge is 2.34. The molecule has 0 N–H and O–H groups in total. The summed E-state index contributed by atoms with van der Waals surface area (Å²) in [6.45, 7) is 6.27. The Balaban J connectivity index is 1.52. The van der Waals surface area contributed by atoms with E-state index in [1.807, 2.05) is 10.6 Å². The first-order chi connectivity index (χ1) is 11.2. The van der Waals surface area contributed by atoms with E-state index in [0.717, 1.165) is 32.6 Å². The van der Waals surface area contributed by atoms with Gasteiger partial charge in [-0.05, 0) is 36.0 Å². The molecule has 1 aromatic heterocycles. The Kier molecular flexibility index (Phi) is 3.82. The van der Waals surface area contributed by atoms with Crippen molar-refractivity contribution in [3.05, 3.63) is 69.6 Å². The maximum Gasteiger partial charge on any atom is 0.250 e. The zero-order valence-electron chi connectivity index (χ0n) is 13.7. The van der Waals surface area contributed by atoms with E-state index in [0.29, 0.717) is 11.8 Å². The van der Waals surface area contributed by atoms with Crippen molar-refractivity contribution in [1.29, 1.82) is 0 Å². The van der Waals surface area contributed by atoms with Crippen molar-refractivity contribution in [1.82, 2.24) is 9.47 Å². The average Bonchev–Trinajstić information content (AvgIpc) is 2.57. The molecule has 2 bridgehead atoms. The van der Waals surface area contributed by atoms with Gasteiger partial charge in [-0.25, -0.2) is 0 Å². The van der Waals surface area contributed by atoms with Gasteiger partial charge < -0.3 is 4.57 Å². The van der Waals surface area contributed by atoms with E-state index < -0.39 is 0 Å². The minimum Gasteiger partial charge on any atom is -0.312 e. The van der Waals surface area contributed by atoms with Crippen molar-refractivity contribution >= 4 is 0 Å². The third-order valence-corrected chi connectivity index (χ3v) is 5.39. The van der Waals surface area contributed by atoms with E-state index in [9.17, 15) is 4.79 Å². The first kappa shape index (κ1) is 14.7. The number of piperidine rings is 1. The Labute approximate surface area is 137 Å². The molecule has 1 fully saturated rings. The van der Waals surface area contributed by atoms with Gasteiger partial charge in [0.05, 0.1) is 0 Å². The highest BCUT2D eigenvalue weighted by atomic mass is 16.1. The van der Waals surface area contributed by atoms with Gasteiger partial charge in [0.2, 0.25) is 0 Å². The van der Waals surface area contributed by atoms with Crippen LogP contribution < -0.4 is 5.56 Å². The van der Waals surface area contributed by atoms with E-state index in [4.69, 9.17) is 0 Å². The maximum absolute atomic E-state index is 12.1. The van der Waals surface area contributed by atoms with Crippen molar-refractivity contribution in [2.24, 2.45) is 5.92 Å². The van der Waals surface area contributed by atoms with Crippen LogP contribution in [0.1, 0.15) is 36.1 Å². The molecule has 1 aromatic carbocycles. The summed E-state index contributed by atoms with van der Waals surface area (Å²) in [6.07, 6.45) is 2.33. The molecular formula is C20H24N2O. The second-order valence-corrected chi connectivity index (χ2v) is 7.06. The molecule has 3 nitrogen and oxygen atoms in total. The summed E-state index contributed by atoms with van der Waals surface area (Å²) in [6, 6.07) is 14.8. The fourth-order valence-corrected chi connectivity index (χ4v) is 4.26. The predicted molar refractivity (Wildman–Crippen MR) is 92.6 cm³/mol. The van der Waals surface area contributed by atoms with Crippen molar-refractivity contribution in [2.75, 3.05) is 13.1 Å². The molecule has 0 spiro atoms. The van der Waals surface area contributed by atoms with Gasteiger partial charge in [-0.3, -0.25) is 9.69 Å². The standard InChI is InChI=1S/C20H24N2O/c1-2-15-6-8-16(9-7-15)11-21-12-17-10-18(14-21)19-4-3-5-20(23)22(19)13-17/h3-9,17-18H,2,10-14H2,1H3. The highest BCUT2D eigenvalue weighted by Crippen LogP contribution is 2.35. The lowest BCUT2D eigenvalue weighted by Gasteiger charge is -2.42. The van der Waals surface area contributed by atoms with Gasteiger partial charge in [-0.1, -0.05) is 37.3 Å². The van der Waals surface area contributed by atoms with Crippen LogP contribution in [0.2, 0.25) is 0 Å². The highest BCUT2D eigenvalue weighted by molar-refractivity contribution is 5.23. The SMILES string of the molecule is CCc1ccc(CN2CC3CC(C2)c2cccc(=O)n2C3)cc1. The molecule has 120 valence electrons. The number of nitrogens with zero attached hydrogens (tertiary/aromatic N) is 2.